The highest BCUT2D eigenvalue weighted by Crippen LogP contribution is 2.28. The molecule has 0 amide bonds. The minimum Gasteiger partial charge on any atom is -0.381 e. The quantitative estimate of drug-likeness (QED) is 0.774. The van der Waals surface area contributed by atoms with E-state index in [-0.39, 0.29) is 11.5 Å². The van der Waals surface area contributed by atoms with E-state index in [1.807, 2.05) is 0 Å². The van der Waals surface area contributed by atoms with Crippen molar-refractivity contribution in [2.45, 2.75) is 23.8 Å². The molecule has 2 aliphatic rings. The summed E-state index contributed by atoms with van der Waals surface area (Å²) in [6, 6.07) is 0. The highest BCUT2D eigenvalue weighted by molar-refractivity contribution is 7.98. The summed E-state index contributed by atoms with van der Waals surface area (Å²) in [6.45, 7) is 1.47. The second-order valence-electron chi connectivity index (χ2n) is 3.93. The van der Waals surface area contributed by atoms with Gasteiger partial charge in [-0.15, -0.1) is 0 Å². The SMILES string of the molecule is O=c1[nH]c(C2CCOC2)nc2c1CSC2. The van der Waals surface area contributed by atoms with Gasteiger partial charge in [-0.2, -0.15) is 11.8 Å². The summed E-state index contributed by atoms with van der Waals surface area (Å²) in [6.07, 6.45) is 0.967. The molecule has 0 saturated carbocycles. The monoisotopic (exact) mass is 224 g/mol. The van der Waals surface area contributed by atoms with Gasteiger partial charge >= 0.3 is 0 Å². The Kier molecular flexibility index (Phi) is 2.29. The summed E-state index contributed by atoms with van der Waals surface area (Å²) in [5.74, 6) is 2.78. The molecule has 4 nitrogen and oxygen atoms in total. The Morgan fingerprint density at radius 1 is 1.47 bits per heavy atom. The zero-order chi connectivity index (χ0) is 10.3. The van der Waals surface area contributed by atoms with Crippen molar-refractivity contribution >= 4 is 11.8 Å². The molecular weight excluding hydrogens is 212 g/mol. The number of nitrogens with one attached hydrogen (secondary N) is 1. The first-order valence-corrected chi connectivity index (χ1v) is 6.27. The number of ether oxygens (including phenoxy) is 1. The summed E-state index contributed by atoms with van der Waals surface area (Å²) in [5.41, 5.74) is 1.89. The number of aromatic amines is 1. The lowest BCUT2D eigenvalue weighted by Gasteiger charge is -2.07. The Balaban J connectivity index is 2.03. The van der Waals surface area contributed by atoms with E-state index in [0.29, 0.717) is 6.61 Å². The number of H-pyrrole nitrogens is 1. The molecule has 3 rings (SSSR count). The number of thioether (sulfide) groups is 1. The number of nitrogens with zero attached hydrogens (tertiary/aromatic N) is 1. The van der Waals surface area contributed by atoms with E-state index in [9.17, 15) is 4.79 Å². The van der Waals surface area contributed by atoms with Crippen LogP contribution in [0.4, 0.5) is 0 Å². The van der Waals surface area contributed by atoms with E-state index < -0.39 is 0 Å². The smallest absolute Gasteiger partial charge is 0.255 e. The summed E-state index contributed by atoms with van der Waals surface area (Å²) >= 11 is 1.75. The molecule has 1 aromatic heterocycles. The van der Waals surface area contributed by atoms with Gasteiger partial charge in [0.1, 0.15) is 5.82 Å². The van der Waals surface area contributed by atoms with Crippen molar-refractivity contribution in [3.05, 3.63) is 27.4 Å². The molecule has 1 saturated heterocycles. The van der Waals surface area contributed by atoms with Crippen molar-refractivity contribution in [1.82, 2.24) is 9.97 Å². The molecular formula is C10H12N2O2S. The number of rotatable bonds is 1. The maximum Gasteiger partial charge on any atom is 0.255 e. The largest absolute Gasteiger partial charge is 0.381 e. The summed E-state index contributed by atoms with van der Waals surface area (Å²) in [5, 5.41) is 0. The van der Waals surface area contributed by atoms with Crippen LogP contribution in [-0.2, 0) is 16.2 Å². The van der Waals surface area contributed by atoms with Crippen LogP contribution >= 0.6 is 11.8 Å². The first-order chi connectivity index (χ1) is 7.34. The molecule has 1 aromatic rings. The van der Waals surface area contributed by atoms with E-state index in [1.54, 1.807) is 11.8 Å². The zero-order valence-electron chi connectivity index (χ0n) is 8.28. The molecule has 3 heterocycles. The Morgan fingerprint density at radius 2 is 2.40 bits per heavy atom. The Morgan fingerprint density at radius 3 is 3.20 bits per heavy atom. The predicted molar refractivity (Wildman–Crippen MR) is 58.0 cm³/mol. The van der Waals surface area contributed by atoms with E-state index in [4.69, 9.17) is 4.74 Å². The lowest BCUT2D eigenvalue weighted by molar-refractivity contribution is 0.193. The van der Waals surface area contributed by atoms with E-state index >= 15 is 0 Å². The molecule has 2 aliphatic heterocycles. The van der Waals surface area contributed by atoms with Crippen LogP contribution in [-0.4, -0.2) is 23.2 Å². The Labute approximate surface area is 91.4 Å². The lowest BCUT2D eigenvalue weighted by atomic mass is 10.1. The maximum atomic E-state index is 11.7. The van der Waals surface area contributed by atoms with Gasteiger partial charge in [0, 0.05) is 29.6 Å². The first kappa shape index (κ1) is 9.42. The third kappa shape index (κ3) is 1.59. The summed E-state index contributed by atoms with van der Waals surface area (Å²) < 4.78 is 5.30. The second kappa shape index (κ2) is 3.64. The average Bonchev–Trinajstić information content (AvgIpc) is 2.88. The van der Waals surface area contributed by atoms with Gasteiger partial charge in [-0.3, -0.25) is 4.79 Å². The van der Waals surface area contributed by atoms with Crippen LogP contribution in [0, 0.1) is 0 Å². The molecule has 0 spiro atoms. The molecule has 1 atom stereocenters. The Hall–Kier alpha value is -0.810. The molecule has 0 radical (unpaired) electrons. The fourth-order valence-electron chi connectivity index (χ4n) is 2.03. The minimum absolute atomic E-state index is 0.0481. The predicted octanol–water partition coefficient (Wildman–Crippen LogP) is 1.02. The van der Waals surface area contributed by atoms with Gasteiger partial charge in [-0.05, 0) is 6.42 Å². The standard InChI is InChI=1S/C10H12N2O2S/c13-10-7-4-15-5-8(7)11-9(12-10)6-1-2-14-3-6/h6H,1-5H2,(H,11,12,13). The number of aromatic nitrogens is 2. The van der Waals surface area contributed by atoms with Crippen molar-refractivity contribution < 1.29 is 4.74 Å². The fourth-order valence-corrected chi connectivity index (χ4v) is 3.06. The lowest BCUT2D eigenvalue weighted by Crippen LogP contribution is -2.19. The molecule has 80 valence electrons. The van der Waals surface area contributed by atoms with Gasteiger partial charge in [0.15, 0.2) is 0 Å². The van der Waals surface area contributed by atoms with Gasteiger partial charge in [-0.25, -0.2) is 4.98 Å². The molecule has 5 heteroatoms. The number of hydrogen-bond acceptors (Lipinski definition) is 4. The number of hydrogen-bond donors (Lipinski definition) is 1. The highest BCUT2D eigenvalue weighted by atomic mass is 32.2. The van der Waals surface area contributed by atoms with E-state index in [2.05, 4.69) is 9.97 Å². The van der Waals surface area contributed by atoms with Crippen LogP contribution in [0.15, 0.2) is 4.79 Å². The van der Waals surface area contributed by atoms with Gasteiger partial charge < -0.3 is 9.72 Å². The van der Waals surface area contributed by atoms with Gasteiger partial charge in [0.05, 0.1) is 12.3 Å². The van der Waals surface area contributed by atoms with E-state index in [0.717, 1.165) is 41.6 Å². The summed E-state index contributed by atoms with van der Waals surface area (Å²) in [7, 11) is 0. The molecule has 1 fully saturated rings. The normalized spacial score (nSPS) is 24.4. The van der Waals surface area contributed by atoms with Crippen molar-refractivity contribution in [3.8, 4) is 0 Å². The van der Waals surface area contributed by atoms with Crippen LogP contribution in [0.1, 0.15) is 29.4 Å². The number of fused-ring (bicyclic) bond motifs is 1. The zero-order valence-corrected chi connectivity index (χ0v) is 9.10. The van der Waals surface area contributed by atoms with Crippen molar-refractivity contribution in [2.24, 2.45) is 0 Å². The molecule has 1 unspecified atom stereocenters. The van der Waals surface area contributed by atoms with Crippen LogP contribution in [0.5, 0.6) is 0 Å². The third-order valence-corrected chi connectivity index (χ3v) is 3.89. The molecule has 0 aromatic carbocycles. The highest BCUT2D eigenvalue weighted by Gasteiger charge is 2.24. The third-order valence-electron chi connectivity index (χ3n) is 2.92. The minimum atomic E-state index is 0.0481. The Bertz CT molecular complexity index is 438. The van der Waals surface area contributed by atoms with Crippen molar-refractivity contribution in [3.63, 3.8) is 0 Å². The van der Waals surface area contributed by atoms with Gasteiger partial charge in [0.25, 0.3) is 5.56 Å². The molecule has 0 aliphatic carbocycles. The van der Waals surface area contributed by atoms with Crippen molar-refractivity contribution in [1.29, 1.82) is 0 Å². The maximum absolute atomic E-state index is 11.7. The molecule has 15 heavy (non-hydrogen) atoms. The van der Waals surface area contributed by atoms with Gasteiger partial charge in [-0.1, -0.05) is 0 Å². The van der Waals surface area contributed by atoms with Crippen molar-refractivity contribution in [2.75, 3.05) is 13.2 Å². The van der Waals surface area contributed by atoms with Crippen LogP contribution < -0.4 is 5.56 Å². The fraction of sp³-hybridized carbons (Fsp3) is 0.600. The first-order valence-electron chi connectivity index (χ1n) is 5.12. The van der Waals surface area contributed by atoms with Gasteiger partial charge in [0.2, 0.25) is 0 Å². The van der Waals surface area contributed by atoms with Crippen LogP contribution in [0.25, 0.3) is 0 Å². The molecule has 0 bridgehead atoms. The summed E-state index contributed by atoms with van der Waals surface area (Å²) in [4.78, 5) is 19.2. The van der Waals surface area contributed by atoms with Crippen LogP contribution in [0.3, 0.4) is 0 Å². The second-order valence-corrected chi connectivity index (χ2v) is 4.92. The topological polar surface area (TPSA) is 55.0 Å². The average molecular weight is 224 g/mol. The van der Waals surface area contributed by atoms with E-state index in [1.165, 1.54) is 0 Å². The van der Waals surface area contributed by atoms with Crippen LogP contribution in [0.2, 0.25) is 0 Å². The molecule has 1 N–H and O–H groups in total.